The van der Waals surface area contributed by atoms with E-state index in [2.05, 4.69) is 6.92 Å². The van der Waals surface area contributed by atoms with Crippen LogP contribution >= 0.6 is 0 Å². The Labute approximate surface area is 75.5 Å². The molecule has 1 N–H and O–H groups in total. The van der Waals surface area contributed by atoms with Crippen LogP contribution in [0.15, 0.2) is 0 Å². The van der Waals surface area contributed by atoms with Gasteiger partial charge in [0, 0.05) is 12.8 Å². The Bertz CT molecular complexity index is 89.8. The first-order chi connectivity index (χ1) is 5.43. The molecule has 1 fully saturated rings. The molecule has 0 bridgehead atoms. The lowest BCUT2D eigenvalue weighted by Crippen LogP contribution is -3.09. The molecule has 0 radical (unpaired) electrons. The smallest absolute Gasteiger partial charge is 0.0773 e. The van der Waals surface area contributed by atoms with E-state index in [0.29, 0.717) is 0 Å². The van der Waals surface area contributed by atoms with Gasteiger partial charge in [0.15, 0.2) is 0 Å². The fourth-order valence-electron chi connectivity index (χ4n) is 1.93. The first kappa shape index (κ1) is 11.9. The lowest BCUT2D eigenvalue weighted by molar-refractivity contribution is -0.887. The van der Waals surface area contributed by atoms with E-state index in [1.165, 1.54) is 58.2 Å². The van der Waals surface area contributed by atoms with Crippen molar-refractivity contribution in [1.29, 1.82) is 0 Å². The highest BCUT2D eigenvalue weighted by atomic mass is 19.0. The first-order valence-corrected chi connectivity index (χ1v) is 5.27. The molecule has 74 valence electrons. The van der Waals surface area contributed by atoms with Gasteiger partial charge in [0.05, 0.1) is 19.6 Å². The van der Waals surface area contributed by atoms with Crippen LogP contribution in [0.4, 0.5) is 0 Å². The minimum Gasteiger partial charge on any atom is -1.00 e. The fourth-order valence-corrected chi connectivity index (χ4v) is 1.93. The van der Waals surface area contributed by atoms with Crippen LogP contribution < -0.4 is 9.60 Å². The molecule has 0 atom stereocenters. The Balaban J connectivity index is 0.00000121. The Kier molecular flexibility index (Phi) is 7.47. The van der Waals surface area contributed by atoms with Crippen molar-refractivity contribution in [3.05, 3.63) is 0 Å². The van der Waals surface area contributed by atoms with Crippen molar-refractivity contribution >= 4 is 0 Å². The Hall–Kier alpha value is -0.110. The maximum absolute atomic E-state index is 2.28. The summed E-state index contributed by atoms with van der Waals surface area (Å²) in [7, 11) is 0. The molecular formula is C10H22FN. The zero-order valence-electron chi connectivity index (χ0n) is 8.24. The van der Waals surface area contributed by atoms with E-state index in [1.54, 1.807) is 0 Å². The largest absolute Gasteiger partial charge is 1.00 e. The van der Waals surface area contributed by atoms with Gasteiger partial charge in [-0.05, 0) is 12.8 Å². The van der Waals surface area contributed by atoms with Gasteiger partial charge in [0.1, 0.15) is 0 Å². The van der Waals surface area contributed by atoms with Gasteiger partial charge in [0.2, 0.25) is 0 Å². The van der Waals surface area contributed by atoms with Crippen LogP contribution in [0.2, 0.25) is 0 Å². The zero-order chi connectivity index (χ0) is 7.94. The first-order valence-electron chi connectivity index (χ1n) is 5.27. The third-order valence-electron chi connectivity index (χ3n) is 2.69. The van der Waals surface area contributed by atoms with E-state index in [-0.39, 0.29) is 4.70 Å². The Morgan fingerprint density at radius 2 is 1.67 bits per heavy atom. The van der Waals surface area contributed by atoms with Crippen molar-refractivity contribution in [2.75, 3.05) is 19.6 Å². The molecular weight excluding hydrogens is 153 g/mol. The van der Waals surface area contributed by atoms with Gasteiger partial charge in [-0.25, -0.2) is 0 Å². The summed E-state index contributed by atoms with van der Waals surface area (Å²) in [6.45, 7) is 6.63. The average Bonchev–Trinajstić information content (AvgIpc) is 2.50. The number of likely N-dealkylation sites (tertiary alicyclic amines) is 1. The molecule has 0 aromatic carbocycles. The van der Waals surface area contributed by atoms with Crippen LogP contribution in [-0.4, -0.2) is 19.6 Å². The normalized spacial score (nSPS) is 17.8. The fraction of sp³-hybridized carbons (Fsp3) is 1.00. The maximum Gasteiger partial charge on any atom is 0.0773 e. The molecule has 12 heavy (non-hydrogen) atoms. The van der Waals surface area contributed by atoms with E-state index in [9.17, 15) is 0 Å². The van der Waals surface area contributed by atoms with Crippen LogP contribution in [0.3, 0.4) is 0 Å². The van der Waals surface area contributed by atoms with Gasteiger partial charge in [-0.3, -0.25) is 0 Å². The van der Waals surface area contributed by atoms with Crippen LogP contribution in [0.25, 0.3) is 0 Å². The van der Waals surface area contributed by atoms with Crippen molar-refractivity contribution in [2.45, 2.75) is 45.4 Å². The molecule has 0 saturated carbocycles. The van der Waals surface area contributed by atoms with Gasteiger partial charge in [0.25, 0.3) is 0 Å². The second kappa shape index (κ2) is 7.53. The van der Waals surface area contributed by atoms with Gasteiger partial charge >= 0.3 is 0 Å². The van der Waals surface area contributed by atoms with E-state index in [0.717, 1.165) is 0 Å². The summed E-state index contributed by atoms with van der Waals surface area (Å²) in [6.07, 6.45) is 8.68. The molecule has 1 saturated heterocycles. The predicted octanol–water partition coefficient (Wildman–Crippen LogP) is -1.75. The van der Waals surface area contributed by atoms with Crippen molar-refractivity contribution < 1.29 is 9.60 Å². The second-order valence-electron chi connectivity index (χ2n) is 3.77. The molecule has 0 aromatic heterocycles. The van der Waals surface area contributed by atoms with Gasteiger partial charge in [-0.15, -0.1) is 0 Å². The topological polar surface area (TPSA) is 4.44 Å². The summed E-state index contributed by atoms with van der Waals surface area (Å²) in [5, 5.41) is 0. The lowest BCUT2D eigenvalue weighted by Gasteiger charge is -2.10. The van der Waals surface area contributed by atoms with Gasteiger partial charge in [-0.1, -0.05) is 19.8 Å². The summed E-state index contributed by atoms with van der Waals surface area (Å²) in [4.78, 5) is 1.86. The number of hydrogen-bond donors (Lipinski definition) is 1. The number of nitrogens with one attached hydrogen (secondary N) is 1. The van der Waals surface area contributed by atoms with Crippen molar-refractivity contribution in [2.24, 2.45) is 0 Å². The van der Waals surface area contributed by atoms with Crippen LogP contribution in [-0.2, 0) is 0 Å². The molecule has 0 spiro atoms. The highest BCUT2D eigenvalue weighted by Gasteiger charge is 2.13. The Morgan fingerprint density at radius 1 is 1.00 bits per heavy atom. The van der Waals surface area contributed by atoms with Crippen molar-refractivity contribution in [3.63, 3.8) is 0 Å². The third kappa shape index (κ3) is 4.70. The second-order valence-corrected chi connectivity index (χ2v) is 3.77. The van der Waals surface area contributed by atoms with Crippen molar-refractivity contribution in [1.82, 2.24) is 0 Å². The maximum atomic E-state index is 2.28. The number of unbranched alkanes of at least 4 members (excludes halogenated alkanes) is 3. The molecule has 0 unspecified atom stereocenters. The molecule has 1 aliphatic rings. The van der Waals surface area contributed by atoms with Crippen LogP contribution in [0.5, 0.6) is 0 Å². The predicted molar refractivity (Wildman–Crippen MR) is 48.9 cm³/mol. The average molecular weight is 175 g/mol. The highest BCUT2D eigenvalue weighted by Crippen LogP contribution is 1.97. The standard InChI is InChI=1S/C10H21N.FH/c1-2-3-4-5-8-11-9-6-7-10-11;/h2-10H2,1H3;1H. The molecule has 2 heteroatoms. The van der Waals surface area contributed by atoms with Crippen LogP contribution in [0, 0.1) is 0 Å². The zero-order valence-corrected chi connectivity index (χ0v) is 8.24. The SMILES string of the molecule is CCCCCC[NH+]1CCCC1.[F-]. The molecule has 1 nitrogen and oxygen atoms in total. The molecule has 0 amide bonds. The molecule has 0 aliphatic carbocycles. The van der Waals surface area contributed by atoms with E-state index >= 15 is 0 Å². The summed E-state index contributed by atoms with van der Waals surface area (Å²) in [5.74, 6) is 0. The Morgan fingerprint density at radius 3 is 2.25 bits per heavy atom. The highest BCUT2D eigenvalue weighted by molar-refractivity contribution is 4.46. The number of quaternary nitrogens is 1. The molecule has 1 aliphatic heterocycles. The van der Waals surface area contributed by atoms with E-state index in [4.69, 9.17) is 0 Å². The minimum atomic E-state index is 0. The minimum absolute atomic E-state index is 0. The van der Waals surface area contributed by atoms with Crippen LogP contribution in [0.1, 0.15) is 45.4 Å². The molecule has 1 rings (SSSR count). The van der Waals surface area contributed by atoms with Gasteiger partial charge < -0.3 is 9.60 Å². The number of hydrogen-bond acceptors (Lipinski definition) is 0. The monoisotopic (exact) mass is 175 g/mol. The lowest BCUT2D eigenvalue weighted by atomic mass is 10.2. The quantitative estimate of drug-likeness (QED) is 0.473. The summed E-state index contributed by atoms with van der Waals surface area (Å²) < 4.78 is 0. The van der Waals surface area contributed by atoms with E-state index in [1.807, 2.05) is 4.90 Å². The molecule has 0 aromatic rings. The molecule has 1 heterocycles. The number of rotatable bonds is 5. The van der Waals surface area contributed by atoms with E-state index < -0.39 is 0 Å². The summed E-state index contributed by atoms with van der Waals surface area (Å²) >= 11 is 0. The summed E-state index contributed by atoms with van der Waals surface area (Å²) in [6, 6.07) is 0. The van der Waals surface area contributed by atoms with Gasteiger partial charge in [-0.2, -0.15) is 0 Å². The van der Waals surface area contributed by atoms with Crippen molar-refractivity contribution in [3.8, 4) is 0 Å². The number of halogens is 1. The summed E-state index contributed by atoms with van der Waals surface area (Å²) in [5.41, 5.74) is 0. The third-order valence-corrected chi connectivity index (χ3v) is 2.69.